The van der Waals surface area contributed by atoms with Crippen LogP contribution in [0.4, 0.5) is 5.69 Å². The van der Waals surface area contributed by atoms with Crippen molar-refractivity contribution in [3.05, 3.63) is 24.3 Å². The number of amides is 2. The molecule has 132 valence electrons. The highest BCUT2D eigenvalue weighted by molar-refractivity contribution is 5.95. The molecule has 0 aromatic heterocycles. The molecule has 0 radical (unpaired) electrons. The summed E-state index contributed by atoms with van der Waals surface area (Å²) in [7, 11) is 0. The predicted octanol–water partition coefficient (Wildman–Crippen LogP) is 2.45. The fourth-order valence-corrected chi connectivity index (χ4v) is 5.47. The van der Waals surface area contributed by atoms with Crippen LogP contribution in [-0.2, 0) is 9.59 Å². The van der Waals surface area contributed by atoms with Crippen LogP contribution < -0.4 is 9.64 Å². The molecule has 2 saturated carbocycles. The smallest absolute Gasteiger partial charge is 0.260 e. The summed E-state index contributed by atoms with van der Waals surface area (Å²) >= 11 is 0. The van der Waals surface area contributed by atoms with E-state index in [2.05, 4.69) is 0 Å². The van der Waals surface area contributed by atoms with Crippen LogP contribution in [0.5, 0.6) is 5.75 Å². The molecule has 4 unspecified atom stereocenters. The zero-order chi connectivity index (χ0) is 17.0. The summed E-state index contributed by atoms with van der Waals surface area (Å²) in [5.74, 6) is 3.37. The van der Waals surface area contributed by atoms with E-state index in [9.17, 15) is 9.59 Å². The normalized spacial score (nSPS) is 32.7. The van der Waals surface area contributed by atoms with Crippen LogP contribution in [0.1, 0.15) is 32.1 Å². The number of carbonyl (C=O) groups excluding carboxylic acids is 2. The average molecular weight is 340 g/mol. The van der Waals surface area contributed by atoms with E-state index in [4.69, 9.17) is 4.74 Å². The number of benzene rings is 1. The average Bonchev–Trinajstić information content (AvgIpc) is 3.27. The summed E-state index contributed by atoms with van der Waals surface area (Å²) in [6.45, 7) is 1.84. The van der Waals surface area contributed by atoms with Gasteiger partial charge in [0.25, 0.3) is 5.91 Å². The first-order valence-corrected chi connectivity index (χ1v) is 9.53. The molecule has 2 amide bonds. The molecule has 5 heteroatoms. The number of fused-ring (bicyclic) bond motifs is 5. The fraction of sp³-hybridized carbons (Fsp3) is 0.600. The van der Waals surface area contributed by atoms with E-state index in [-0.39, 0.29) is 18.4 Å². The number of anilines is 1. The van der Waals surface area contributed by atoms with Crippen LogP contribution in [0.25, 0.3) is 0 Å². The molecule has 2 heterocycles. The van der Waals surface area contributed by atoms with E-state index >= 15 is 0 Å². The van der Waals surface area contributed by atoms with E-state index in [1.165, 1.54) is 19.3 Å². The van der Waals surface area contributed by atoms with Crippen LogP contribution in [0.15, 0.2) is 24.3 Å². The molecule has 4 atom stereocenters. The molecular weight excluding hydrogens is 316 g/mol. The van der Waals surface area contributed by atoms with Crippen molar-refractivity contribution < 1.29 is 14.3 Å². The summed E-state index contributed by atoms with van der Waals surface area (Å²) in [5.41, 5.74) is 0.911. The predicted molar refractivity (Wildman–Crippen MR) is 93.3 cm³/mol. The van der Waals surface area contributed by atoms with Gasteiger partial charge in [-0.25, -0.2) is 0 Å². The van der Waals surface area contributed by atoms with Gasteiger partial charge >= 0.3 is 0 Å². The second kappa shape index (κ2) is 5.75. The first-order chi connectivity index (χ1) is 12.2. The quantitative estimate of drug-likeness (QED) is 0.846. The van der Waals surface area contributed by atoms with Gasteiger partial charge < -0.3 is 14.5 Å². The van der Waals surface area contributed by atoms with Gasteiger partial charge in [0, 0.05) is 37.2 Å². The van der Waals surface area contributed by atoms with Crippen molar-refractivity contribution in [2.45, 2.75) is 38.1 Å². The molecule has 0 spiro atoms. The monoisotopic (exact) mass is 340 g/mol. The minimum absolute atomic E-state index is 0.114. The van der Waals surface area contributed by atoms with E-state index in [1.54, 1.807) is 0 Å². The molecule has 5 rings (SSSR count). The molecule has 0 N–H and O–H groups in total. The third-order valence-electron chi connectivity index (χ3n) is 6.71. The molecule has 2 bridgehead atoms. The van der Waals surface area contributed by atoms with Crippen LogP contribution in [0, 0.1) is 17.8 Å². The minimum Gasteiger partial charge on any atom is -0.484 e. The van der Waals surface area contributed by atoms with Crippen LogP contribution >= 0.6 is 0 Å². The summed E-state index contributed by atoms with van der Waals surface area (Å²) in [4.78, 5) is 28.1. The number of ether oxygens (including phenoxy) is 1. The molecule has 2 aliphatic heterocycles. The lowest BCUT2D eigenvalue weighted by Gasteiger charge is -2.50. The summed E-state index contributed by atoms with van der Waals surface area (Å²) in [6.07, 6.45) is 5.55. The molecule has 1 aromatic rings. The van der Waals surface area contributed by atoms with Crippen LogP contribution in [0.2, 0.25) is 0 Å². The molecule has 5 nitrogen and oxygen atoms in total. The number of carbonyl (C=O) groups is 2. The number of hydrogen-bond acceptors (Lipinski definition) is 3. The van der Waals surface area contributed by atoms with Crippen molar-refractivity contribution in [1.29, 1.82) is 0 Å². The van der Waals surface area contributed by atoms with Gasteiger partial charge in [-0.05, 0) is 61.8 Å². The van der Waals surface area contributed by atoms with Crippen molar-refractivity contribution >= 4 is 17.5 Å². The summed E-state index contributed by atoms with van der Waals surface area (Å²) in [5, 5.41) is 0. The minimum atomic E-state index is 0.114. The second-order valence-electron chi connectivity index (χ2n) is 7.97. The summed E-state index contributed by atoms with van der Waals surface area (Å²) in [6, 6.07) is 8.01. The number of rotatable bonds is 4. The Hall–Kier alpha value is -2.04. The highest BCUT2D eigenvalue weighted by Gasteiger charge is 2.57. The van der Waals surface area contributed by atoms with Crippen molar-refractivity contribution in [3.8, 4) is 5.75 Å². The highest BCUT2D eigenvalue weighted by Crippen LogP contribution is 2.55. The van der Waals surface area contributed by atoms with Gasteiger partial charge in [0.2, 0.25) is 5.91 Å². The van der Waals surface area contributed by atoms with E-state index in [0.717, 1.165) is 43.0 Å². The fourth-order valence-electron chi connectivity index (χ4n) is 5.47. The van der Waals surface area contributed by atoms with E-state index < -0.39 is 0 Å². The largest absolute Gasteiger partial charge is 0.484 e. The third-order valence-corrected chi connectivity index (χ3v) is 6.71. The van der Waals surface area contributed by atoms with E-state index in [1.807, 2.05) is 34.1 Å². The Balaban J connectivity index is 1.16. The third kappa shape index (κ3) is 2.43. The van der Waals surface area contributed by atoms with Gasteiger partial charge in [-0.2, -0.15) is 0 Å². The standard InChI is InChI=1S/C20H24N2O3/c23-18-2-1-9-21(18)15-5-7-16(8-6-15)25-12-19(24)22-11-17-13-3-4-14(10-13)20(17)22/h5-8,13-14,17,20H,1-4,9-12H2. The zero-order valence-electron chi connectivity index (χ0n) is 14.4. The Labute approximate surface area is 147 Å². The summed E-state index contributed by atoms with van der Waals surface area (Å²) < 4.78 is 5.70. The maximum atomic E-state index is 12.5. The first-order valence-electron chi connectivity index (χ1n) is 9.53. The van der Waals surface area contributed by atoms with Crippen molar-refractivity contribution in [2.24, 2.45) is 17.8 Å². The van der Waals surface area contributed by atoms with Gasteiger partial charge in [-0.3, -0.25) is 9.59 Å². The van der Waals surface area contributed by atoms with Crippen LogP contribution in [-0.4, -0.2) is 42.5 Å². The van der Waals surface area contributed by atoms with Gasteiger partial charge in [0.1, 0.15) is 5.75 Å². The molecule has 4 aliphatic rings. The molecular formula is C20H24N2O3. The Morgan fingerprint density at radius 1 is 1.16 bits per heavy atom. The zero-order valence-corrected chi connectivity index (χ0v) is 14.4. The van der Waals surface area contributed by atoms with E-state index in [0.29, 0.717) is 18.2 Å². The Morgan fingerprint density at radius 2 is 1.96 bits per heavy atom. The van der Waals surface area contributed by atoms with Crippen molar-refractivity contribution in [1.82, 2.24) is 4.90 Å². The van der Waals surface area contributed by atoms with Gasteiger partial charge in [-0.1, -0.05) is 0 Å². The SMILES string of the molecule is O=C1CCCN1c1ccc(OCC(=O)N2CC3C4CCC(C4)C32)cc1. The van der Waals surface area contributed by atoms with Gasteiger partial charge in [-0.15, -0.1) is 0 Å². The lowest BCUT2D eigenvalue weighted by Crippen LogP contribution is -2.61. The molecule has 2 saturated heterocycles. The molecule has 4 fully saturated rings. The molecule has 1 aromatic carbocycles. The highest BCUT2D eigenvalue weighted by atomic mass is 16.5. The number of nitrogens with zero attached hydrogens (tertiary/aromatic N) is 2. The van der Waals surface area contributed by atoms with Crippen molar-refractivity contribution in [2.75, 3.05) is 24.6 Å². The Kier molecular flexibility index (Phi) is 3.50. The maximum absolute atomic E-state index is 12.5. The lowest BCUT2D eigenvalue weighted by atomic mass is 9.77. The topological polar surface area (TPSA) is 49.9 Å². The van der Waals surface area contributed by atoms with Gasteiger partial charge in [0.05, 0.1) is 0 Å². The van der Waals surface area contributed by atoms with Crippen LogP contribution in [0.3, 0.4) is 0 Å². The Morgan fingerprint density at radius 3 is 2.68 bits per heavy atom. The number of likely N-dealkylation sites (tertiary alicyclic amines) is 1. The Bertz CT molecular complexity index is 699. The molecule has 25 heavy (non-hydrogen) atoms. The van der Waals surface area contributed by atoms with Crippen molar-refractivity contribution in [3.63, 3.8) is 0 Å². The lowest BCUT2D eigenvalue weighted by molar-refractivity contribution is -0.149. The molecule has 2 aliphatic carbocycles. The van der Waals surface area contributed by atoms with Gasteiger partial charge in [0.15, 0.2) is 6.61 Å². The number of hydrogen-bond donors (Lipinski definition) is 0. The first kappa shape index (κ1) is 15.2. The second-order valence-corrected chi connectivity index (χ2v) is 7.97. The maximum Gasteiger partial charge on any atom is 0.260 e.